The zero-order chi connectivity index (χ0) is 15.9. The normalized spacial score (nSPS) is 12.5. The fourth-order valence-electron chi connectivity index (χ4n) is 1.89. The van der Waals surface area contributed by atoms with Crippen LogP contribution in [-0.4, -0.2) is 74.7 Å². The van der Waals surface area contributed by atoms with E-state index < -0.39 is 10.0 Å². The SMILES string of the molecule is CCCN(CCN(C)C)S(=O)(=O)c1cnn(CCNC)c1. The van der Waals surface area contributed by atoms with E-state index in [-0.39, 0.29) is 4.90 Å². The van der Waals surface area contributed by atoms with Crippen LogP contribution in [0.3, 0.4) is 0 Å². The quantitative estimate of drug-likeness (QED) is 0.661. The lowest BCUT2D eigenvalue weighted by Gasteiger charge is -2.22. The van der Waals surface area contributed by atoms with Gasteiger partial charge in [0.1, 0.15) is 4.90 Å². The molecule has 0 aliphatic heterocycles. The zero-order valence-corrected chi connectivity index (χ0v) is 14.2. The molecular formula is C13H27N5O2S. The third-order valence-electron chi connectivity index (χ3n) is 3.11. The summed E-state index contributed by atoms with van der Waals surface area (Å²) in [6, 6.07) is 0. The maximum atomic E-state index is 12.7. The number of hydrogen-bond donors (Lipinski definition) is 1. The van der Waals surface area contributed by atoms with Crippen molar-refractivity contribution in [3.63, 3.8) is 0 Å². The van der Waals surface area contributed by atoms with Crippen LogP contribution in [0.5, 0.6) is 0 Å². The highest BCUT2D eigenvalue weighted by atomic mass is 32.2. The molecule has 0 aromatic carbocycles. The van der Waals surface area contributed by atoms with Gasteiger partial charge < -0.3 is 10.2 Å². The third kappa shape index (κ3) is 5.39. The molecule has 0 radical (unpaired) electrons. The van der Waals surface area contributed by atoms with Crippen molar-refractivity contribution in [2.45, 2.75) is 24.8 Å². The molecule has 1 heterocycles. The Labute approximate surface area is 128 Å². The summed E-state index contributed by atoms with van der Waals surface area (Å²) < 4.78 is 28.5. The molecule has 0 saturated heterocycles. The van der Waals surface area contributed by atoms with E-state index in [1.54, 1.807) is 10.9 Å². The first kappa shape index (κ1) is 18.1. The average Bonchev–Trinajstić information content (AvgIpc) is 2.90. The number of likely N-dealkylation sites (N-methyl/N-ethyl adjacent to an activating group) is 2. The molecule has 0 aliphatic carbocycles. The van der Waals surface area contributed by atoms with Crippen LogP contribution in [0.4, 0.5) is 0 Å². The highest BCUT2D eigenvalue weighted by Gasteiger charge is 2.25. The molecule has 1 aromatic heterocycles. The molecule has 0 amide bonds. The molecule has 0 fully saturated rings. The van der Waals surface area contributed by atoms with Gasteiger partial charge in [0.25, 0.3) is 0 Å². The van der Waals surface area contributed by atoms with Gasteiger partial charge in [0.2, 0.25) is 10.0 Å². The van der Waals surface area contributed by atoms with Gasteiger partial charge in [-0.25, -0.2) is 8.42 Å². The second-order valence-corrected chi connectivity index (χ2v) is 7.19. The summed E-state index contributed by atoms with van der Waals surface area (Å²) in [7, 11) is 2.27. The van der Waals surface area contributed by atoms with Crippen molar-refractivity contribution in [2.24, 2.45) is 0 Å². The van der Waals surface area contributed by atoms with Gasteiger partial charge in [0.05, 0.1) is 12.7 Å². The van der Waals surface area contributed by atoms with Crippen molar-refractivity contribution in [2.75, 3.05) is 47.3 Å². The van der Waals surface area contributed by atoms with Crippen molar-refractivity contribution in [3.8, 4) is 0 Å². The van der Waals surface area contributed by atoms with E-state index in [4.69, 9.17) is 0 Å². The largest absolute Gasteiger partial charge is 0.318 e. The van der Waals surface area contributed by atoms with Gasteiger partial charge in [-0.15, -0.1) is 0 Å². The van der Waals surface area contributed by atoms with Crippen molar-refractivity contribution in [3.05, 3.63) is 12.4 Å². The Morgan fingerprint density at radius 2 is 2.00 bits per heavy atom. The molecule has 7 nitrogen and oxygen atoms in total. The Balaban J connectivity index is 2.86. The lowest BCUT2D eigenvalue weighted by atomic mass is 10.4. The Morgan fingerprint density at radius 1 is 1.29 bits per heavy atom. The number of sulfonamides is 1. The molecule has 1 aromatic rings. The summed E-state index contributed by atoms with van der Waals surface area (Å²) in [5.41, 5.74) is 0. The van der Waals surface area contributed by atoms with Crippen LogP contribution in [0.2, 0.25) is 0 Å². The summed E-state index contributed by atoms with van der Waals surface area (Å²) in [4.78, 5) is 2.25. The van der Waals surface area contributed by atoms with E-state index in [2.05, 4.69) is 10.4 Å². The number of hydrogen-bond acceptors (Lipinski definition) is 5. The molecule has 0 unspecified atom stereocenters. The van der Waals surface area contributed by atoms with Gasteiger partial charge in [-0.3, -0.25) is 4.68 Å². The van der Waals surface area contributed by atoms with E-state index in [1.165, 1.54) is 10.5 Å². The summed E-state index contributed by atoms with van der Waals surface area (Å²) in [5.74, 6) is 0. The highest BCUT2D eigenvalue weighted by molar-refractivity contribution is 7.89. The first-order chi connectivity index (χ1) is 9.91. The number of rotatable bonds is 10. The molecule has 1 N–H and O–H groups in total. The van der Waals surface area contributed by atoms with Crippen LogP contribution in [0.25, 0.3) is 0 Å². The number of nitrogens with zero attached hydrogens (tertiary/aromatic N) is 4. The van der Waals surface area contributed by atoms with Gasteiger partial charge in [-0.2, -0.15) is 9.40 Å². The molecule has 0 aliphatic rings. The lowest BCUT2D eigenvalue weighted by Crippen LogP contribution is -2.37. The molecule has 21 heavy (non-hydrogen) atoms. The van der Waals surface area contributed by atoms with Crippen LogP contribution in [0.15, 0.2) is 17.3 Å². The molecule has 0 atom stereocenters. The van der Waals surface area contributed by atoms with Gasteiger partial charge in [0, 0.05) is 32.4 Å². The van der Waals surface area contributed by atoms with Gasteiger partial charge in [-0.1, -0.05) is 6.92 Å². The molecule has 0 bridgehead atoms. The van der Waals surface area contributed by atoms with Gasteiger partial charge in [0.15, 0.2) is 0 Å². The molecule has 122 valence electrons. The van der Waals surface area contributed by atoms with Crippen LogP contribution < -0.4 is 5.32 Å². The fourth-order valence-corrected chi connectivity index (χ4v) is 3.37. The third-order valence-corrected chi connectivity index (χ3v) is 4.96. The van der Waals surface area contributed by atoms with E-state index in [9.17, 15) is 8.42 Å². The highest BCUT2D eigenvalue weighted by Crippen LogP contribution is 2.15. The zero-order valence-electron chi connectivity index (χ0n) is 13.4. The maximum Gasteiger partial charge on any atom is 0.246 e. The van der Waals surface area contributed by atoms with Crippen molar-refractivity contribution in [1.29, 1.82) is 0 Å². The van der Waals surface area contributed by atoms with E-state index in [1.807, 2.05) is 33.0 Å². The minimum atomic E-state index is -3.46. The minimum Gasteiger partial charge on any atom is -0.318 e. The molecular weight excluding hydrogens is 290 g/mol. The minimum absolute atomic E-state index is 0.269. The molecule has 1 rings (SSSR count). The Bertz CT molecular complexity index is 512. The summed E-state index contributed by atoms with van der Waals surface area (Å²) in [6.07, 6.45) is 3.83. The molecule has 8 heteroatoms. The standard InChI is InChI=1S/C13H27N5O2S/c1-5-7-18(10-9-16(3)4)21(19,20)13-11-15-17(12-13)8-6-14-2/h11-12,14H,5-10H2,1-4H3. The van der Waals surface area contributed by atoms with Crippen molar-refractivity contribution >= 4 is 10.0 Å². The fraction of sp³-hybridized carbons (Fsp3) is 0.769. The summed E-state index contributed by atoms with van der Waals surface area (Å²) in [6.45, 7) is 5.10. The predicted octanol–water partition coefficient (Wildman–Crippen LogP) is 0.0648. The average molecular weight is 317 g/mol. The molecule has 0 saturated carbocycles. The second kappa shape index (κ2) is 8.47. The van der Waals surface area contributed by atoms with Crippen LogP contribution in [-0.2, 0) is 16.6 Å². The first-order valence-electron chi connectivity index (χ1n) is 7.23. The van der Waals surface area contributed by atoms with E-state index >= 15 is 0 Å². The summed E-state index contributed by atoms with van der Waals surface area (Å²) >= 11 is 0. The predicted molar refractivity (Wildman–Crippen MR) is 83.8 cm³/mol. The van der Waals surface area contributed by atoms with Crippen LogP contribution in [0.1, 0.15) is 13.3 Å². The van der Waals surface area contributed by atoms with E-state index in [0.717, 1.165) is 13.0 Å². The smallest absolute Gasteiger partial charge is 0.246 e. The number of nitrogens with one attached hydrogen (secondary N) is 1. The topological polar surface area (TPSA) is 70.5 Å². The maximum absolute atomic E-state index is 12.7. The first-order valence-corrected chi connectivity index (χ1v) is 8.67. The Morgan fingerprint density at radius 3 is 2.57 bits per heavy atom. The molecule has 0 spiro atoms. The van der Waals surface area contributed by atoms with Crippen LogP contribution in [0, 0.1) is 0 Å². The van der Waals surface area contributed by atoms with Gasteiger partial charge >= 0.3 is 0 Å². The Hall–Kier alpha value is -0.960. The van der Waals surface area contributed by atoms with E-state index in [0.29, 0.717) is 26.2 Å². The second-order valence-electron chi connectivity index (χ2n) is 5.25. The van der Waals surface area contributed by atoms with Crippen molar-refractivity contribution < 1.29 is 8.42 Å². The van der Waals surface area contributed by atoms with Crippen LogP contribution >= 0.6 is 0 Å². The Kier molecular flexibility index (Phi) is 7.30. The lowest BCUT2D eigenvalue weighted by molar-refractivity contribution is 0.333. The van der Waals surface area contributed by atoms with Crippen molar-refractivity contribution in [1.82, 2.24) is 24.3 Å². The van der Waals surface area contributed by atoms with Gasteiger partial charge in [-0.05, 0) is 27.6 Å². The number of aromatic nitrogens is 2. The summed E-state index contributed by atoms with van der Waals surface area (Å²) in [5, 5.41) is 7.13. The monoisotopic (exact) mass is 317 g/mol.